The Morgan fingerprint density at radius 3 is 2.53 bits per heavy atom. The van der Waals surface area contributed by atoms with Crippen molar-refractivity contribution in [2.45, 2.75) is 13.5 Å². The van der Waals surface area contributed by atoms with Gasteiger partial charge in [0.1, 0.15) is 18.0 Å². The lowest BCUT2D eigenvalue weighted by Crippen LogP contribution is -2.02. The predicted octanol–water partition coefficient (Wildman–Crippen LogP) is 5.81. The van der Waals surface area contributed by atoms with Crippen LogP contribution in [0.15, 0.2) is 85.6 Å². The Kier molecular flexibility index (Phi) is 5.25. The molecule has 0 aliphatic heterocycles. The number of pyridine rings is 2. The number of nitrogens with one attached hydrogen (secondary N) is 1. The van der Waals surface area contributed by atoms with Crippen LogP contribution in [-0.4, -0.2) is 19.9 Å². The molecule has 0 fully saturated rings. The first kappa shape index (κ1) is 19.8. The lowest BCUT2D eigenvalue weighted by atomic mass is 9.97. The third-order valence-corrected chi connectivity index (χ3v) is 5.39. The smallest absolute Gasteiger partial charge is 0.137 e. The number of benzene rings is 2. The maximum Gasteiger partial charge on any atom is 0.137 e. The van der Waals surface area contributed by atoms with Crippen LogP contribution in [0.25, 0.3) is 33.3 Å². The minimum Gasteiger partial charge on any atom is -0.365 e. The molecule has 0 saturated heterocycles. The van der Waals surface area contributed by atoms with Crippen LogP contribution in [0.4, 0.5) is 10.2 Å². The van der Waals surface area contributed by atoms with E-state index in [0.29, 0.717) is 12.1 Å². The van der Waals surface area contributed by atoms with Gasteiger partial charge in [0, 0.05) is 41.6 Å². The number of fused-ring (bicyclic) bond motifs is 1. The summed E-state index contributed by atoms with van der Waals surface area (Å²) in [5.74, 6) is 0.538. The molecule has 0 radical (unpaired) electrons. The molecule has 5 nitrogen and oxygen atoms in total. The third kappa shape index (κ3) is 3.90. The van der Waals surface area contributed by atoms with E-state index in [-0.39, 0.29) is 5.82 Å². The molecule has 3 heterocycles. The fraction of sp³-hybridized carbons (Fsp3) is 0.0769. The quantitative estimate of drug-likeness (QED) is 0.388. The Balaban J connectivity index is 1.56. The molecule has 1 N–H and O–H groups in total. The highest BCUT2D eigenvalue weighted by atomic mass is 19.1. The van der Waals surface area contributed by atoms with E-state index in [9.17, 15) is 4.39 Å². The van der Waals surface area contributed by atoms with Gasteiger partial charge in [0.05, 0.1) is 11.2 Å². The zero-order chi connectivity index (χ0) is 21.9. The zero-order valence-electron chi connectivity index (χ0n) is 17.5. The molecule has 6 heteroatoms. The Labute approximate surface area is 185 Å². The summed E-state index contributed by atoms with van der Waals surface area (Å²) < 4.78 is 13.8. The van der Waals surface area contributed by atoms with Gasteiger partial charge in [-0.25, -0.2) is 14.4 Å². The van der Waals surface area contributed by atoms with Crippen molar-refractivity contribution >= 4 is 16.7 Å². The van der Waals surface area contributed by atoms with Crippen LogP contribution in [0.2, 0.25) is 0 Å². The van der Waals surface area contributed by atoms with E-state index >= 15 is 0 Å². The van der Waals surface area contributed by atoms with Crippen LogP contribution in [0.3, 0.4) is 0 Å². The van der Waals surface area contributed by atoms with Crippen molar-refractivity contribution in [1.82, 2.24) is 19.9 Å². The summed E-state index contributed by atoms with van der Waals surface area (Å²) in [5, 5.41) is 4.33. The number of hydrogen-bond acceptors (Lipinski definition) is 5. The number of anilines is 1. The van der Waals surface area contributed by atoms with Gasteiger partial charge < -0.3 is 5.32 Å². The molecule has 0 aliphatic rings. The summed E-state index contributed by atoms with van der Waals surface area (Å²) in [6.07, 6.45) is 6.86. The molecule has 0 saturated carbocycles. The second-order valence-corrected chi connectivity index (χ2v) is 7.53. The molecule has 32 heavy (non-hydrogen) atoms. The topological polar surface area (TPSA) is 63.6 Å². The van der Waals surface area contributed by atoms with Gasteiger partial charge in [-0.2, -0.15) is 0 Å². The van der Waals surface area contributed by atoms with Crippen molar-refractivity contribution < 1.29 is 4.39 Å². The minimum absolute atomic E-state index is 0.223. The summed E-state index contributed by atoms with van der Waals surface area (Å²) >= 11 is 0. The summed E-state index contributed by atoms with van der Waals surface area (Å²) in [7, 11) is 0. The van der Waals surface area contributed by atoms with Crippen molar-refractivity contribution in [3.05, 3.63) is 103 Å². The monoisotopic (exact) mass is 421 g/mol. The molecule has 0 spiro atoms. The molecular weight excluding hydrogens is 401 g/mol. The third-order valence-electron chi connectivity index (χ3n) is 5.39. The van der Waals surface area contributed by atoms with Crippen molar-refractivity contribution in [2.75, 3.05) is 5.32 Å². The first-order valence-electron chi connectivity index (χ1n) is 10.3. The molecule has 0 bridgehead atoms. The molecule has 156 valence electrons. The van der Waals surface area contributed by atoms with Gasteiger partial charge in [-0.05, 0) is 72.1 Å². The second kappa shape index (κ2) is 8.51. The number of aromatic nitrogens is 4. The Morgan fingerprint density at radius 1 is 0.844 bits per heavy atom. The Hall–Kier alpha value is -4.19. The highest BCUT2D eigenvalue weighted by Crippen LogP contribution is 2.33. The zero-order valence-corrected chi connectivity index (χ0v) is 17.5. The summed E-state index contributed by atoms with van der Waals surface area (Å²) in [6.45, 7) is 2.39. The molecule has 0 unspecified atom stereocenters. The van der Waals surface area contributed by atoms with Crippen molar-refractivity contribution in [2.24, 2.45) is 0 Å². The number of aryl methyl sites for hydroxylation is 1. The SMILES string of the molecule is Cc1cc(-c2ncccc2-c2ccc3ncnc(NCc4ccncc4)c3c2)ccc1F. The van der Waals surface area contributed by atoms with Gasteiger partial charge in [0.25, 0.3) is 0 Å². The number of nitrogens with zero attached hydrogens (tertiary/aromatic N) is 4. The van der Waals surface area contributed by atoms with Crippen LogP contribution in [-0.2, 0) is 6.54 Å². The largest absolute Gasteiger partial charge is 0.365 e. The lowest BCUT2D eigenvalue weighted by Gasteiger charge is -2.12. The van der Waals surface area contributed by atoms with Crippen molar-refractivity contribution in [3.63, 3.8) is 0 Å². The Bertz CT molecular complexity index is 1400. The van der Waals surface area contributed by atoms with E-state index in [1.54, 1.807) is 37.9 Å². The molecule has 0 amide bonds. The van der Waals surface area contributed by atoms with Gasteiger partial charge >= 0.3 is 0 Å². The molecule has 5 aromatic rings. The maximum absolute atomic E-state index is 13.8. The van der Waals surface area contributed by atoms with E-state index in [1.807, 2.05) is 42.5 Å². The van der Waals surface area contributed by atoms with Gasteiger partial charge in [0.15, 0.2) is 0 Å². The maximum atomic E-state index is 13.8. The van der Waals surface area contributed by atoms with Crippen molar-refractivity contribution in [3.8, 4) is 22.4 Å². The summed E-state index contributed by atoms with van der Waals surface area (Å²) in [5.41, 5.74) is 6.19. The van der Waals surface area contributed by atoms with E-state index in [4.69, 9.17) is 0 Å². The van der Waals surface area contributed by atoms with E-state index < -0.39 is 0 Å². The van der Waals surface area contributed by atoms with Crippen molar-refractivity contribution in [1.29, 1.82) is 0 Å². The minimum atomic E-state index is -0.223. The highest BCUT2D eigenvalue weighted by Gasteiger charge is 2.12. The van der Waals surface area contributed by atoms with Gasteiger partial charge in [0.2, 0.25) is 0 Å². The standard InChI is InChI=1S/C26H20FN5/c1-17-13-20(4-6-23(17)27)25-21(3-2-10-29-25)19-5-7-24-22(14-19)26(32-16-31-24)30-15-18-8-11-28-12-9-18/h2-14,16H,15H2,1H3,(H,30,31,32). The fourth-order valence-electron chi connectivity index (χ4n) is 3.71. The average Bonchev–Trinajstić information content (AvgIpc) is 2.85. The number of halogens is 1. The summed E-state index contributed by atoms with van der Waals surface area (Å²) in [6, 6.07) is 19.0. The number of hydrogen-bond donors (Lipinski definition) is 1. The van der Waals surface area contributed by atoms with Crippen LogP contribution in [0, 0.1) is 12.7 Å². The average molecular weight is 421 g/mol. The molecule has 0 atom stereocenters. The van der Waals surface area contributed by atoms with E-state index in [2.05, 4.69) is 31.3 Å². The van der Waals surface area contributed by atoms with E-state index in [0.717, 1.165) is 44.7 Å². The van der Waals surface area contributed by atoms with Gasteiger partial charge in [-0.1, -0.05) is 12.1 Å². The van der Waals surface area contributed by atoms with Crippen LogP contribution in [0.1, 0.15) is 11.1 Å². The van der Waals surface area contributed by atoms with Crippen LogP contribution in [0.5, 0.6) is 0 Å². The van der Waals surface area contributed by atoms with Crippen LogP contribution >= 0.6 is 0 Å². The summed E-state index contributed by atoms with van der Waals surface area (Å²) in [4.78, 5) is 17.5. The van der Waals surface area contributed by atoms with E-state index in [1.165, 1.54) is 6.07 Å². The first-order valence-corrected chi connectivity index (χ1v) is 10.3. The normalized spacial score (nSPS) is 10.9. The molecule has 5 rings (SSSR count). The second-order valence-electron chi connectivity index (χ2n) is 7.53. The lowest BCUT2D eigenvalue weighted by molar-refractivity contribution is 0.619. The molecular formula is C26H20FN5. The predicted molar refractivity (Wildman–Crippen MR) is 124 cm³/mol. The first-order chi connectivity index (χ1) is 15.7. The molecule has 0 aliphatic carbocycles. The highest BCUT2D eigenvalue weighted by molar-refractivity contribution is 5.94. The number of rotatable bonds is 5. The van der Waals surface area contributed by atoms with Crippen LogP contribution < -0.4 is 5.32 Å². The van der Waals surface area contributed by atoms with Gasteiger partial charge in [-0.3, -0.25) is 9.97 Å². The Morgan fingerprint density at radius 2 is 1.69 bits per heavy atom. The van der Waals surface area contributed by atoms with Gasteiger partial charge in [-0.15, -0.1) is 0 Å². The fourth-order valence-corrected chi connectivity index (χ4v) is 3.71. The molecule has 3 aromatic heterocycles. The molecule has 2 aromatic carbocycles.